The fraction of sp³-hybridized carbons (Fsp3) is 0.400. The van der Waals surface area contributed by atoms with Gasteiger partial charge in [0.2, 0.25) is 0 Å². The van der Waals surface area contributed by atoms with Crippen molar-refractivity contribution < 1.29 is 5.11 Å². The van der Waals surface area contributed by atoms with Gasteiger partial charge in [0.15, 0.2) is 0 Å². The van der Waals surface area contributed by atoms with Gasteiger partial charge in [-0.2, -0.15) is 0 Å². The third-order valence-electron chi connectivity index (χ3n) is 2.13. The molecule has 0 aromatic heterocycles. The van der Waals surface area contributed by atoms with Crippen LogP contribution in [0.2, 0.25) is 0 Å². The molecule has 72 valence electrons. The number of hydrogen-bond acceptors (Lipinski definition) is 3. The molecule has 13 heavy (non-hydrogen) atoms. The molecular weight excluding hydrogens is 164 g/mol. The number of aliphatic hydroxyl groups excluding tert-OH is 1. The first-order valence-electron chi connectivity index (χ1n) is 4.37. The highest BCUT2D eigenvalue weighted by atomic mass is 16.3. The quantitative estimate of drug-likeness (QED) is 0.647. The average Bonchev–Trinajstić information content (AvgIpc) is 2.21. The van der Waals surface area contributed by atoms with Crippen molar-refractivity contribution in [3.8, 4) is 0 Å². The third-order valence-corrected chi connectivity index (χ3v) is 2.13. The first-order chi connectivity index (χ1) is 6.31. The molecule has 1 atom stereocenters. The van der Waals surface area contributed by atoms with Gasteiger partial charge in [0.25, 0.3) is 0 Å². The largest absolute Gasteiger partial charge is 0.394 e. The number of likely N-dealkylation sites (N-methyl/N-ethyl adjacent to an activating group) is 1. The predicted molar refractivity (Wildman–Crippen MR) is 54.9 cm³/mol. The molecular formula is C10H16N2O. The Bertz CT molecular complexity index is 242. The van der Waals surface area contributed by atoms with Crippen LogP contribution in [0.3, 0.4) is 0 Å². The van der Waals surface area contributed by atoms with Gasteiger partial charge in [-0.15, -0.1) is 0 Å². The van der Waals surface area contributed by atoms with Crippen LogP contribution in [0.5, 0.6) is 0 Å². The second-order valence-electron chi connectivity index (χ2n) is 2.90. The van der Waals surface area contributed by atoms with Crippen molar-refractivity contribution in [3.05, 3.63) is 29.8 Å². The van der Waals surface area contributed by atoms with Gasteiger partial charge in [-0.25, -0.2) is 0 Å². The summed E-state index contributed by atoms with van der Waals surface area (Å²) in [5.74, 6) is 0. The van der Waals surface area contributed by atoms with Gasteiger partial charge in [-0.05, 0) is 24.7 Å². The smallest absolute Gasteiger partial charge is 0.0626 e. The molecule has 0 fully saturated rings. The van der Waals surface area contributed by atoms with E-state index in [0.29, 0.717) is 0 Å². The van der Waals surface area contributed by atoms with E-state index in [0.717, 1.165) is 11.3 Å². The van der Waals surface area contributed by atoms with Crippen molar-refractivity contribution in [3.63, 3.8) is 0 Å². The van der Waals surface area contributed by atoms with E-state index < -0.39 is 0 Å². The summed E-state index contributed by atoms with van der Waals surface area (Å²) in [6.45, 7) is 0.120. The lowest BCUT2D eigenvalue weighted by Gasteiger charge is -2.13. The van der Waals surface area contributed by atoms with E-state index in [-0.39, 0.29) is 12.6 Å². The van der Waals surface area contributed by atoms with Crippen LogP contribution in [-0.2, 0) is 0 Å². The molecule has 3 N–H and O–H groups in total. The lowest BCUT2D eigenvalue weighted by molar-refractivity contribution is 0.251. The van der Waals surface area contributed by atoms with Crippen molar-refractivity contribution in [1.82, 2.24) is 5.32 Å². The van der Waals surface area contributed by atoms with Crippen LogP contribution in [0, 0.1) is 0 Å². The number of anilines is 1. The maximum Gasteiger partial charge on any atom is 0.0626 e. The minimum Gasteiger partial charge on any atom is -0.394 e. The molecule has 1 aromatic rings. The predicted octanol–water partition coefficient (Wildman–Crippen LogP) is 0.981. The maximum absolute atomic E-state index is 9.03. The van der Waals surface area contributed by atoms with E-state index in [1.165, 1.54) is 0 Å². The molecule has 3 nitrogen and oxygen atoms in total. The van der Waals surface area contributed by atoms with E-state index in [9.17, 15) is 0 Å². The molecule has 0 radical (unpaired) electrons. The zero-order chi connectivity index (χ0) is 9.68. The summed E-state index contributed by atoms with van der Waals surface area (Å²) in [6.07, 6.45) is 0. The molecule has 1 rings (SSSR count). The summed E-state index contributed by atoms with van der Waals surface area (Å²) in [6, 6.07) is 8.03. The van der Waals surface area contributed by atoms with Crippen molar-refractivity contribution in [1.29, 1.82) is 0 Å². The first-order valence-corrected chi connectivity index (χ1v) is 4.37. The van der Waals surface area contributed by atoms with Crippen LogP contribution in [0.15, 0.2) is 24.3 Å². The molecule has 1 unspecified atom stereocenters. The highest BCUT2D eigenvalue weighted by Gasteiger charge is 2.05. The topological polar surface area (TPSA) is 44.3 Å². The van der Waals surface area contributed by atoms with Gasteiger partial charge in [-0.1, -0.05) is 12.1 Å². The molecule has 0 saturated heterocycles. The molecule has 0 aliphatic carbocycles. The van der Waals surface area contributed by atoms with E-state index in [4.69, 9.17) is 5.11 Å². The van der Waals surface area contributed by atoms with Crippen LogP contribution in [0.1, 0.15) is 11.6 Å². The molecule has 0 heterocycles. The number of hydrogen-bond donors (Lipinski definition) is 3. The molecule has 0 bridgehead atoms. The van der Waals surface area contributed by atoms with Gasteiger partial charge in [-0.3, -0.25) is 0 Å². The molecule has 1 aromatic carbocycles. The Kier molecular flexibility index (Phi) is 3.73. The zero-order valence-corrected chi connectivity index (χ0v) is 8.04. The SMILES string of the molecule is CNc1ccc(C(CO)NC)cc1. The molecule has 0 aliphatic heterocycles. The summed E-state index contributed by atoms with van der Waals surface area (Å²) in [5, 5.41) is 15.1. The van der Waals surface area contributed by atoms with E-state index >= 15 is 0 Å². The second-order valence-corrected chi connectivity index (χ2v) is 2.90. The highest BCUT2D eigenvalue weighted by Crippen LogP contribution is 2.14. The highest BCUT2D eigenvalue weighted by molar-refractivity contribution is 5.44. The maximum atomic E-state index is 9.03. The zero-order valence-electron chi connectivity index (χ0n) is 8.04. The van der Waals surface area contributed by atoms with Gasteiger partial charge in [0.05, 0.1) is 12.6 Å². The summed E-state index contributed by atoms with van der Waals surface area (Å²) >= 11 is 0. The van der Waals surface area contributed by atoms with Crippen LogP contribution in [-0.4, -0.2) is 25.8 Å². The Morgan fingerprint density at radius 3 is 2.23 bits per heavy atom. The van der Waals surface area contributed by atoms with Crippen molar-refractivity contribution >= 4 is 5.69 Å². The Labute approximate surface area is 78.8 Å². The summed E-state index contributed by atoms with van der Waals surface area (Å²) in [7, 11) is 3.73. The normalized spacial score (nSPS) is 12.5. The fourth-order valence-corrected chi connectivity index (χ4v) is 1.25. The average molecular weight is 180 g/mol. The minimum absolute atomic E-state index is 0.0332. The number of rotatable bonds is 4. The Morgan fingerprint density at radius 1 is 1.23 bits per heavy atom. The van der Waals surface area contributed by atoms with Crippen LogP contribution in [0.4, 0.5) is 5.69 Å². The summed E-state index contributed by atoms with van der Waals surface area (Å²) in [4.78, 5) is 0. The van der Waals surface area contributed by atoms with Crippen LogP contribution < -0.4 is 10.6 Å². The number of benzene rings is 1. The number of nitrogens with one attached hydrogen (secondary N) is 2. The van der Waals surface area contributed by atoms with Crippen molar-refractivity contribution in [2.45, 2.75) is 6.04 Å². The van der Waals surface area contributed by atoms with Crippen molar-refractivity contribution in [2.24, 2.45) is 0 Å². The molecule has 0 aliphatic rings. The van der Waals surface area contributed by atoms with Crippen LogP contribution >= 0.6 is 0 Å². The Balaban J connectivity index is 2.78. The Morgan fingerprint density at radius 2 is 1.85 bits per heavy atom. The summed E-state index contributed by atoms with van der Waals surface area (Å²) in [5.41, 5.74) is 2.18. The van der Waals surface area contributed by atoms with Gasteiger partial charge < -0.3 is 15.7 Å². The lowest BCUT2D eigenvalue weighted by atomic mass is 10.1. The molecule has 0 spiro atoms. The second kappa shape index (κ2) is 4.84. The van der Waals surface area contributed by atoms with Gasteiger partial charge in [0.1, 0.15) is 0 Å². The fourth-order valence-electron chi connectivity index (χ4n) is 1.25. The monoisotopic (exact) mass is 180 g/mol. The summed E-state index contributed by atoms with van der Waals surface area (Å²) < 4.78 is 0. The number of aliphatic hydroxyl groups is 1. The first kappa shape index (κ1) is 10.0. The molecule has 0 saturated carbocycles. The van der Waals surface area contributed by atoms with Crippen molar-refractivity contribution in [2.75, 3.05) is 26.0 Å². The molecule has 0 amide bonds. The minimum atomic E-state index is 0.0332. The van der Waals surface area contributed by atoms with Gasteiger partial charge >= 0.3 is 0 Å². The Hall–Kier alpha value is -1.06. The third kappa shape index (κ3) is 2.44. The van der Waals surface area contributed by atoms with E-state index in [1.807, 2.05) is 38.4 Å². The van der Waals surface area contributed by atoms with E-state index in [2.05, 4.69) is 10.6 Å². The van der Waals surface area contributed by atoms with E-state index in [1.54, 1.807) is 0 Å². The van der Waals surface area contributed by atoms with Gasteiger partial charge in [0, 0.05) is 12.7 Å². The van der Waals surface area contributed by atoms with Crippen LogP contribution in [0.25, 0.3) is 0 Å². The lowest BCUT2D eigenvalue weighted by Crippen LogP contribution is -2.19. The standard InChI is InChI=1S/C10H16N2O/c1-11-9-5-3-8(4-6-9)10(7-13)12-2/h3-6,10-13H,7H2,1-2H3. The molecule has 3 heteroatoms.